The quantitative estimate of drug-likeness (QED) is 0.840. The van der Waals surface area contributed by atoms with Crippen LogP contribution in [-0.2, 0) is 4.79 Å². The van der Waals surface area contributed by atoms with Gasteiger partial charge in [0.05, 0.1) is 0 Å². The van der Waals surface area contributed by atoms with Gasteiger partial charge in [-0.05, 0) is 42.8 Å². The number of carboxylic acid groups (broad SMARTS) is 1. The first-order valence-corrected chi connectivity index (χ1v) is 5.99. The van der Waals surface area contributed by atoms with Crippen LogP contribution in [0.2, 0.25) is 0 Å². The molecule has 3 nitrogen and oxygen atoms in total. The highest BCUT2D eigenvalue weighted by molar-refractivity contribution is 7.07. The Morgan fingerprint density at radius 2 is 2.33 bits per heavy atom. The van der Waals surface area contributed by atoms with Crippen molar-refractivity contribution in [2.45, 2.75) is 32.4 Å². The molecular weight excluding hydrogens is 210 g/mol. The summed E-state index contributed by atoms with van der Waals surface area (Å²) in [5, 5.41) is 13.1. The molecule has 1 rings (SSSR count). The minimum Gasteiger partial charge on any atom is -0.480 e. The average Bonchev–Trinajstić information content (AvgIpc) is 2.69. The molecule has 0 aliphatic heterocycles. The Morgan fingerprint density at radius 3 is 2.73 bits per heavy atom. The van der Waals surface area contributed by atoms with Crippen LogP contribution in [0.1, 0.15) is 31.9 Å². The molecule has 4 heteroatoms. The van der Waals surface area contributed by atoms with Crippen molar-refractivity contribution in [1.82, 2.24) is 4.90 Å². The Labute approximate surface area is 94.3 Å². The van der Waals surface area contributed by atoms with E-state index in [1.165, 1.54) is 5.56 Å². The molecule has 0 bridgehead atoms. The molecule has 0 fully saturated rings. The zero-order valence-corrected chi connectivity index (χ0v) is 10.1. The van der Waals surface area contributed by atoms with Crippen LogP contribution in [-0.4, -0.2) is 29.1 Å². The minimum atomic E-state index is -0.748. The highest BCUT2D eigenvalue weighted by Gasteiger charge is 2.25. The second-order valence-corrected chi connectivity index (χ2v) is 4.44. The molecule has 84 valence electrons. The number of rotatable bonds is 5. The fraction of sp³-hybridized carbons (Fsp3) is 0.545. The SMILES string of the molecule is CCC(C(=O)O)N(C)C(C)c1ccsc1. The Bertz CT molecular complexity index is 310. The number of thiophene rings is 1. The fourth-order valence-corrected chi connectivity index (χ4v) is 2.40. The highest BCUT2D eigenvalue weighted by atomic mass is 32.1. The number of hydrogen-bond donors (Lipinski definition) is 1. The molecular formula is C11H17NO2S. The van der Waals surface area contributed by atoms with Gasteiger partial charge in [0.1, 0.15) is 6.04 Å². The summed E-state index contributed by atoms with van der Waals surface area (Å²) in [4.78, 5) is 12.9. The van der Waals surface area contributed by atoms with E-state index in [0.29, 0.717) is 6.42 Å². The summed E-state index contributed by atoms with van der Waals surface area (Å²) in [6, 6.07) is 1.79. The van der Waals surface area contributed by atoms with Crippen LogP contribution in [0, 0.1) is 0 Å². The van der Waals surface area contributed by atoms with E-state index in [1.54, 1.807) is 11.3 Å². The topological polar surface area (TPSA) is 40.5 Å². The van der Waals surface area contributed by atoms with E-state index in [9.17, 15) is 4.79 Å². The second kappa shape index (κ2) is 5.28. The minimum absolute atomic E-state index is 0.150. The van der Waals surface area contributed by atoms with Gasteiger partial charge in [-0.2, -0.15) is 11.3 Å². The van der Waals surface area contributed by atoms with Gasteiger partial charge >= 0.3 is 5.97 Å². The third kappa shape index (κ3) is 2.79. The molecule has 0 spiro atoms. The summed E-state index contributed by atoms with van der Waals surface area (Å²) in [7, 11) is 1.87. The normalized spacial score (nSPS) is 15.2. The first-order valence-electron chi connectivity index (χ1n) is 5.04. The van der Waals surface area contributed by atoms with Crippen molar-refractivity contribution in [3.8, 4) is 0 Å². The molecule has 0 aliphatic rings. The summed E-state index contributed by atoms with van der Waals surface area (Å²) in [5.74, 6) is -0.748. The molecule has 1 N–H and O–H groups in total. The molecule has 2 atom stereocenters. The van der Waals surface area contributed by atoms with Gasteiger partial charge in [0.25, 0.3) is 0 Å². The first-order chi connectivity index (χ1) is 7.07. The first kappa shape index (κ1) is 12.2. The summed E-state index contributed by atoms with van der Waals surface area (Å²) >= 11 is 1.64. The predicted octanol–water partition coefficient (Wildman–Crippen LogP) is 2.60. The smallest absolute Gasteiger partial charge is 0.320 e. The Kier molecular flexibility index (Phi) is 4.29. The van der Waals surface area contributed by atoms with E-state index >= 15 is 0 Å². The van der Waals surface area contributed by atoms with Gasteiger partial charge in [-0.25, -0.2) is 0 Å². The molecule has 0 amide bonds. The number of likely N-dealkylation sites (N-methyl/N-ethyl adjacent to an activating group) is 1. The molecule has 0 radical (unpaired) electrons. The van der Waals surface area contributed by atoms with E-state index in [2.05, 4.69) is 5.38 Å². The lowest BCUT2D eigenvalue weighted by Gasteiger charge is -2.29. The van der Waals surface area contributed by atoms with E-state index in [0.717, 1.165) is 0 Å². The maximum absolute atomic E-state index is 11.0. The van der Waals surface area contributed by atoms with Crippen LogP contribution >= 0.6 is 11.3 Å². The van der Waals surface area contributed by atoms with Crippen molar-refractivity contribution in [1.29, 1.82) is 0 Å². The summed E-state index contributed by atoms with van der Waals surface area (Å²) < 4.78 is 0. The van der Waals surface area contributed by atoms with Gasteiger partial charge < -0.3 is 5.11 Å². The van der Waals surface area contributed by atoms with Crippen molar-refractivity contribution in [2.24, 2.45) is 0 Å². The fourth-order valence-electron chi connectivity index (χ4n) is 1.65. The van der Waals surface area contributed by atoms with Crippen LogP contribution in [0.15, 0.2) is 16.8 Å². The van der Waals surface area contributed by atoms with E-state index in [-0.39, 0.29) is 6.04 Å². The average molecular weight is 227 g/mol. The number of carboxylic acids is 1. The molecule has 1 aromatic rings. The molecule has 1 heterocycles. The molecule has 0 saturated heterocycles. The maximum Gasteiger partial charge on any atom is 0.320 e. The summed E-state index contributed by atoms with van der Waals surface area (Å²) in [6.45, 7) is 3.93. The van der Waals surface area contributed by atoms with Gasteiger partial charge in [-0.15, -0.1) is 0 Å². The predicted molar refractivity (Wildman–Crippen MR) is 62.2 cm³/mol. The number of carbonyl (C=O) groups is 1. The number of hydrogen-bond acceptors (Lipinski definition) is 3. The Hall–Kier alpha value is -0.870. The van der Waals surface area contributed by atoms with Crippen molar-refractivity contribution >= 4 is 17.3 Å². The molecule has 1 aromatic heterocycles. The van der Waals surface area contributed by atoms with Gasteiger partial charge in [-0.3, -0.25) is 9.69 Å². The lowest BCUT2D eigenvalue weighted by atomic mass is 10.1. The molecule has 0 aromatic carbocycles. The zero-order valence-electron chi connectivity index (χ0n) is 9.30. The number of nitrogens with zero attached hydrogens (tertiary/aromatic N) is 1. The highest BCUT2D eigenvalue weighted by Crippen LogP contribution is 2.23. The van der Waals surface area contributed by atoms with Crippen molar-refractivity contribution in [3.63, 3.8) is 0 Å². The third-order valence-electron chi connectivity index (χ3n) is 2.80. The zero-order chi connectivity index (χ0) is 11.4. The van der Waals surface area contributed by atoms with Crippen molar-refractivity contribution < 1.29 is 9.90 Å². The van der Waals surface area contributed by atoms with Crippen LogP contribution in [0.3, 0.4) is 0 Å². The lowest BCUT2D eigenvalue weighted by molar-refractivity contribution is -0.143. The van der Waals surface area contributed by atoms with Gasteiger partial charge in [0.15, 0.2) is 0 Å². The van der Waals surface area contributed by atoms with Gasteiger partial charge in [0.2, 0.25) is 0 Å². The number of aliphatic carboxylic acids is 1. The monoisotopic (exact) mass is 227 g/mol. The van der Waals surface area contributed by atoms with Gasteiger partial charge in [-0.1, -0.05) is 6.92 Å². The maximum atomic E-state index is 11.0. The molecule has 15 heavy (non-hydrogen) atoms. The summed E-state index contributed by atoms with van der Waals surface area (Å²) in [6.07, 6.45) is 0.625. The van der Waals surface area contributed by atoms with E-state index in [1.807, 2.05) is 37.2 Å². The summed E-state index contributed by atoms with van der Waals surface area (Å²) in [5.41, 5.74) is 1.18. The van der Waals surface area contributed by atoms with Crippen molar-refractivity contribution in [2.75, 3.05) is 7.05 Å². The second-order valence-electron chi connectivity index (χ2n) is 3.66. The van der Waals surface area contributed by atoms with Crippen LogP contribution in [0.5, 0.6) is 0 Å². The third-order valence-corrected chi connectivity index (χ3v) is 3.50. The van der Waals surface area contributed by atoms with Crippen LogP contribution in [0.25, 0.3) is 0 Å². The lowest BCUT2D eigenvalue weighted by Crippen LogP contribution is -2.39. The Balaban J connectivity index is 2.75. The molecule has 0 aliphatic carbocycles. The van der Waals surface area contributed by atoms with Crippen LogP contribution < -0.4 is 0 Å². The van der Waals surface area contributed by atoms with Gasteiger partial charge in [0, 0.05) is 6.04 Å². The largest absolute Gasteiger partial charge is 0.480 e. The standard InChI is InChI=1S/C11H17NO2S/c1-4-10(11(13)14)12(3)8(2)9-5-6-15-7-9/h5-8,10H,4H2,1-3H3,(H,13,14). The van der Waals surface area contributed by atoms with Crippen molar-refractivity contribution in [3.05, 3.63) is 22.4 Å². The van der Waals surface area contributed by atoms with Crippen LogP contribution in [0.4, 0.5) is 0 Å². The molecule has 2 unspecified atom stereocenters. The van der Waals surface area contributed by atoms with E-state index in [4.69, 9.17) is 5.11 Å². The molecule has 0 saturated carbocycles. The van der Waals surface area contributed by atoms with E-state index < -0.39 is 12.0 Å². The Morgan fingerprint density at radius 1 is 1.67 bits per heavy atom.